The van der Waals surface area contributed by atoms with Crippen molar-refractivity contribution >= 4 is 88.8 Å². The first-order valence-corrected chi connectivity index (χ1v) is 11.5. The number of rotatable bonds is 5. The maximum Gasteiger partial charge on any atom is 0.266 e. The number of hydrogen-bond acceptors (Lipinski definition) is 6. The third-order valence-corrected chi connectivity index (χ3v) is 6.95. The third kappa shape index (κ3) is 4.75. The summed E-state index contributed by atoms with van der Waals surface area (Å²) in [5.41, 5.74) is 1.76. The lowest BCUT2D eigenvalue weighted by molar-refractivity contribution is -0.122. The molecule has 2 heterocycles. The number of thiazole rings is 1. The van der Waals surface area contributed by atoms with E-state index >= 15 is 0 Å². The number of para-hydroxylation sites is 1. The molecule has 0 aliphatic carbocycles. The van der Waals surface area contributed by atoms with Crippen molar-refractivity contribution in [2.24, 2.45) is 0 Å². The molecule has 1 fully saturated rings. The Morgan fingerprint density at radius 2 is 2.07 bits per heavy atom. The number of carbonyl (C=O) groups excluding carboxylic acids is 2. The van der Waals surface area contributed by atoms with Crippen molar-refractivity contribution in [3.63, 3.8) is 0 Å². The number of nitrogens with zero attached hydrogens (tertiary/aromatic N) is 2. The molecule has 1 N–H and O–H groups in total. The molecule has 1 aliphatic heterocycles. The predicted molar refractivity (Wildman–Crippen MR) is 127 cm³/mol. The molecule has 1 aromatic heterocycles. The summed E-state index contributed by atoms with van der Waals surface area (Å²) in [6.45, 7) is 0.233. The van der Waals surface area contributed by atoms with E-state index in [1.807, 2.05) is 54.6 Å². The number of anilines is 1. The van der Waals surface area contributed by atoms with Crippen LogP contribution in [-0.2, 0) is 9.59 Å². The van der Waals surface area contributed by atoms with Crippen molar-refractivity contribution < 1.29 is 9.59 Å². The van der Waals surface area contributed by atoms with Crippen molar-refractivity contribution in [1.82, 2.24) is 9.88 Å². The average molecular weight is 504 g/mol. The second-order valence-electron chi connectivity index (χ2n) is 6.17. The number of hydrogen-bond donors (Lipinski definition) is 1. The molecular weight excluding hydrogens is 490 g/mol. The Labute approximate surface area is 189 Å². The molecule has 0 bridgehead atoms. The van der Waals surface area contributed by atoms with E-state index in [-0.39, 0.29) is 24.8 Å². The molecule has 0 saturated carbocycles. The monoisotopic (exact) mass is 503 g/mol. The van der Waals surface area contributed by atoms with Crippen LogP contribution < -0.4 is 5.32 Å². The van der Waals surface area contributed by atoms with Gasteiger partial charge in [-0.2, -0.15) is 0 Å². The smallest absolute Gasteiger partial charge is 0.266 e. The number of nitrogens with one attached hydrogen (secondary N) is 1. The van der Waals surface area contributed by atoms with Crippen molar-refractivity contribution in [1.29, 1.82) is 0 Å². The molecular formula is C20H14BrN3O2S3. The summed E-state index contributed by atoms with van der Waals surface area (Å²) in [7, 11) is 0. The normalized spacial score (nSPS) is 15.5. The maximum atomic E-state index is 12.7. The fourth-order valence-corrected chi connectivity index (χ4v) is 5.37. The number of halogens is 1. The summed E-state index contributed by atoms with van der Waals surface area (Å²) < 4.78 is 2.41. The van der Waals surface area contributed by atoms with Gasteiger partial charge in [0.05, 0.1) is 15.1 Å². The van der Waals surface area contributed by atoms with Crippen LogP contribution in [0.2, 0.25) is 0 Å². The molecule has 0 atom stereocenters. The first-order valence-electron chi connectivity index (χ1n) is 8.66. The van der Waals surface area contributed by atoms with Gasteiger partial charge in [-0.05, 0) is 35.9 Å². The van der Waals surface area contributed by atoms with Gasteiger partial charge < -0.3 is 5.32 Å². The lowest BCUT2D eigenvalue weighted by atomic mass is 10.2. The molecule has 0 unspecified atom stereocenters. The second-order valence-corrected chi connectivity index (χ2v) is 9.80. The van der Waals surface area contributed by atoms with E-state index in [9.17, 15) is 9.59 Å². The van der Waals surface area contributed by atoms with Crippen LogP contribution in [0.25, 0.3) is 16.3 Å². The fraction of sp³-hybridized carbons (Fsp3) is 0.100. The molecule has 29 heavy (non-hydrogen) atoms. The molecule has 146 valence electrons. The van der Waals surface area contributed by atoms with E-state index in [1.165, 1.54) is 28.0 Å². The van der Waals surface area contributed by atoms with Crippen molar-refractivity contribution in [2.75, 3.05) is 11.9 Å². The molecule has 0 spiro atoms. The Morgan fingerprint density at radius 3 is 2.86 bits per heavy atom. The van der Waals surface area contributed by atoms with E-state index in [0.717, 1.165) is 20.3 Å². The number of benzene rings is 2. The van der Waals surface area contributed by atoms with Gasteiger partial charge in [-0.15, -0.1) is 0 Å². The Morgan fingerprint density at radius 1 is 1.24 bits per heavy atom. The third-order valence-electron chi connectivity index (χ3n) is 4.12. The van der Waals surface area contributed by atoms with Crippen LogP contribution in [0.1, 0.15) is 12.0 Å². The first kappa shape index (κ1) is 20.2. The summed E-state index contributed by atoms with van der Waals surface area (Å²) in [6, 6.07) is 15.4. The number of thiocarbonyl (C=S) groups is 1. The van der Waals surface area contributed by atoms with Crippen LogP contribution in [-0.4, -0.2) is 32.6 Å². The minimum absolute atomic E-state index is 0.145. The van der Waals surface area contributed by atoms with Gasteiger partial charge >= 0.3 is 0 Å². The Kier molecular flexibility index (Phi) is 6.09. The summed E-state index contributed by atoms with van der Waals surface area (Å²) in [4.78, 5) is 31.4. The zero-order valence-corrected chi connectivity index (χ0v) is 19.0. The highest BCUT2D eigenvalue weighted by molar-refractivity contribution is 9.10. The van der Waals surface area contributed by atoms with Gasteiger partial charge in [-0.1, -0.05) is 75.5 Å². The fourth-order valence-electron chi connectivity index (χ4n) is 2.76. The van der Waals surface area contributed by atoms with Crippen molar-refractivity contribution in [2.45, 2.75) is 6.42 Å². The first-order chi connectivity index (χ1) is 14.0. The number of amides is 2. The molecule has 3 aromatic rings. The number of aromatic nitrogens is 1. The summed E-state index contributed by atoms with van der Waals surface area (Å²) in [5, 5.41) is 3.35. The minimum atomic E-state index is -0.200. The van der Waals surface area contributed by atoms with Gasteiger partial charge in [0.25, 0.3) is 5.91 Å². The van der Waals surface area contributed by atoms with Crippen LogP contribution in [0.4, 0.5) is 5.13 Å². The highest BCUT2D eigenvalue weighted by Crippen LogP contribution is 2.33. The SMILES string of the molecule is O=C(CCN1C(=O)/C(=C/c2cccc(Br)c2)SC1=S)Nc1nc2ccccc2s1. The Balaban J connectivity index is 1.38. The molecule has 1 saturated heterocycles. The minimum Gasteiger partial charge on any atom is -0.302 e. The maximum absolute atomic E-state index is 12.7. The zero-order valence-electron chi connectivity index (χ0n) is 14.9. The predicted octanol–water partition coefficient (Wildman–Crippen LogP) is 5.29. The van der Waals surface area contributed by atoms with E-state index in [4.69, 9.17) is 12.2 Å². The average Bonchev–Trinajstić information content (AvgIpc) is 3.20. The molecule has 4 rings (SSSR count). The van der Waals surface area contributed by atoms with E-state index in [2.05, 4.69) is 26.2 Å². The van der Waals surface area contributed by atoms with Gasteiger partial charge in [0, 0.05) is 17.4 Å². The standard InChI is InChI=1S/C20H14BrN3O2S3/c21-13-5-3-4-12(10-13)11-16-18(26)24(20(27)29-16)9-8-17(25)23-19-22-14-6-1-2-7-15(14)28-19/h1-7,10-11H,8-9H2,(H,22,23,25)/b16-11-. The van der Waals surface area contributed by atoms with Crippen LogP contribution in [0.15, 0.2) is 57.9 Å². The van der Waals surface area contributed by atoms with Gasteiger partial charge in [-0.25, -0.2) is 4.98 Å². The number of thioether (sulfide) groups is 1. The molecule has 1 aliphatic rings. The lowest BCUT2D eigenvalue weighted by Crippen LogP contribution is -2.31. The van der Waals surface area contributed by atoms with Crippen molar-refractivity contribution in [3.05, 3.63) is 63.5 Å². The molecule has 2 amide bonds. The van der Waals surface area contributed by atoms with Crippen LogP contribution in [0.3, 0.4) is 0 Å². The highest BCUT2D eigenvalue weighted by atomic mass is 79.9. The van der Waals surface area contributed by atoms with Crippen molar-refractivity contribution in [3.8, 4) is 0 Å². The van der Waals surface area contributed by atoms with Gasteiger partial charge in [-0.3, -0.25) is 14.5 Å². The summed E-state index contributed by atoms with van der Waals surface area (Å²) >= 11 is 11.4. The van der Waals surface area contributed by atoms with Crippen LogP contribution in [0.5, 0.6) is 0 Å². The number of carbonyl (C=O) groups is 2. The topological polar surface area (TPSA) is 62.3 Å². The van der Waals surface area contributed by atoms with Gasteiger partial charge in [0.2, 0.25) is 5.91 Å². The molecule has 9 heteroatoms. The van der Waals surface area contributed by atoms with E-state index in [1.54, 1.807) is 0 Å². The highest BCUT2D eigenvalue weighted by Gasteiger charge is 2.32. The Bertz CT molecular complexity index is 1130. The summed E-state index contributed by atoms with van der Waals surface area (Å²) in [6.07, 6.45) is 1.96. The zero-order chi connectivity index (χ0) is 20.4. The molecule has 0 radical (unpaired) electrons. The largest absolute Gasteiger partial charge is 0.302 e. The van der Waals surface area contributed by atoms with Gasteiger partial charge in [0.15, 0.2) is 5.13 Å². The Hall–Kier alpha value is -2.07. The number of fused-ring (bicyclic) bond motifs is 1. The van der Waals surface area contributed by atoms with Crippen LogP contribution >= 0.6 is 51.2 Å². The van der Waals surface area contributed by atoms with Gasteiger partial charge in [0.1, 0.15) is 4.32 Å². The summed E-state index contributed by atoms with van der Waals surface area (Å²) in [5.74, 6) is -0.373. The van der Waals surface area contributed by atoms with E-state index < -0.39 is 0 Å². The second kappa shape index (κ2) is 8.74. The molecule has 5 nitrogen and oxygen atoms in total. The van der Waals surface area contributed by atoms with E-state index in [0.29, 0.717) is 14.4 Å². The lowest BCUT2D eigenvalue weighted by Gasteiger charge is -2.13. The quantitative estimate of drug-likeness (QED) is 0.378. The molecule has 2 aromatic carbocycles. The van der Waals surface area contributed by atoms with Crippen LogP contribution in [0, 0.1) is 0 Å².